The molecule has 0 unspecified atom stereocenters. The van der Waals surface area contributed by atoms with Crippen molar-refractivity contribution in [3.05, 3.63) is 55.9 Å². The van der Waals surface area contributed by atoms with Crippen LogP contribution in [0.25, 0.3) is 0 Å². The minimum Gasteiger partial charge on any atom is -0.711 e. The average Bonchev–Trinajstić information content (AvgIpc) is 2.36. The van der Waals surface area contributed by atoms with Gasteiger partial charge in [0.2, 0.25) is 0 Å². The van der Waals surface area contributed by atoms with Crippen molar-refractivity contribution in [3.8, 4) is 0 Å². The molecule has 0 saturated carbocycles. The molecule has 20 heavy (non-hydrogen) atoms. The Bertz CT molecular complexity index is 700. The third kappa shape index (κ3) is 3.00. The van der Waals surface area contributed by atoms with Crippen molar-refractivity contribution in [2.45, 2.75) is 0 Å². The van der Waals surface area contributed by atoms with Crippen LogP contribution in [0.4, 0.5) is 10.1 Å². The van der Waals surface area contributed by atoms with Gasteiger partial charge in [0.25, 0.3) is 12.2 Å². The molecule has 0 aliphatic carbocycles. The quantitative estimate of drug-likeness (QED) is 0.376. The van der Waals surface area contributed by atoms with E-state index in [-0.39, 0.29) is 25.8 Å². The zero-order valence-corrected chi connectivity index (χ0v) is 12.6. The number of rotatable bonds is 2. The second-order valence-electron chi connectivity index (χ2n) is 3.64. The Labute approximate surface area is 131 Å². The van der Waals surface area contributed by atoms with Crippen molar-refractivity contribution in [3.63, 3.8) is 0 Å². The monoisotopic (exact) mass is 379 g/mol. The van der Waals surface area contributed by atoms with Gasteiger partial charge in [-0.25, -0.2) is 9.12 Å². The number of anilines is 1. The summed E-state index contributed by atoms with van der Waals surface area (Å²) in [6.07, 6.45) is 3.33. The van der Waals surface area contributed by atoms with Crippen LogP contribution in [0.5, 0.6) is 0 Å². The third-order valence-corrected chi connectivity index (χ3v) is 3.65. The third-order valence-electron chi connectivity index (χ3n) is 2.26. The minimum absolute atomic E-state index is 0.0219. The molecule has 5 nitrogen and oxygen atoms in total. The highest BCUT2D eigenvalue weighted by atomic mass is 79.9. The van der Waals surface area contributed by atoms with Gasteiger partial charge in [-0.2, -0.15) is 0 Å². The maximum absolute atomic E-state index is 14.0. The second-order valence-corrected chi connectivity index (χ2v) is 5.27. The van der Waals surface area contributed by atoms with Crippen molar-refractivity contribution < 1.29 is 13.9 Å². The van der Waals surface area contributed by atoms with Gasteiger partial charge in [0, 0.05) is 4.47 Å². The first-order valence-corrected chi connectivity index (χ1v) is 6.63. The predicted octanol–water partition coefficient (Wildman–Crippen LogP) is 3.18. The summed E-state index contributed by atoms with van der Waals surface area (Å²) >= 11 is 14.4. The molecule has 0 bridgehead atoms. The largest absolute Gasteiger partial charge is 0.711 e. The van der Waals surface area contributed by atoms with Crippen LogP contribution in [-0.2, 0) is 0 Å². The van der Waals surface area contributed by atoms with Crippen molar-refractivity contribution >= 4 is 50.7 Å². The number of amides is 1. The molecule has 1 heterocycles. The topological polar surface area (TPSA) is 68.9 Å². The lowest BCUT2D eigenvalue weighted by Gasteiger charge is -2.09. The Morgan fingerprint density at radius 1 is 1.50 bits per heavy atom. The van der Waals surface area contributed by atoms with Gasteiger partial charge in [0.1, 0.15) is 11.9 Å². The number of hydrogen-bond acceptors (Lipinski definition) is 3. The number of carbonyl (C=O) groups excluding carboxylic acids is 1. The van der Waals surface area contributed by atoms with Crippen LogP contribution in [0.3, 0.4) is 0 Å². The van der Waals surface area contributed by atoms with E-state index in [0.29, 0.717) is 4.73 Å². The maximum atomic E-state index is 14.0. The number of nitrogens with zero attached hydrogens (tertiary/aromatic N) is 2. The van der Waals surface area contributed by atoms with Gasteiger partial charge in [-0.1, -0.05) is 28.2 Å². The zero-order chi connectivity index (χ0) is 14.9. The van der Waals surface area contributed by atoms with Crippen LogP contribution in [0, 0.1) is 11.0 Å². The molecule has 0 saturated heterocycles. The molecule has 0 fully saturated rings. The van der Waals surface area contributed by atoms with Crippen LogP contribution in [0.15, 0.2) is 29.3 Å². The first-order valence-electron chi connectivity index (χ1n) is 5.08. The Morgan fingerprint density at radius 3 is 2.85 bits per heavy atom. The standard InChI is InChI=1S/C11H5BrCl2FN3O2/c12-6-1-7(13)9(14)10(15)8(6)11(19)17-5-2-16-4-18(20)3-5/h1-4H,(H,17,19). The van der Waals surface area contributed by atoms with Gasteiger partial charge in [0.05, 0.1) is 15.6 Å². The first-order chi connectivity index (χ1) is 9.40. The highest BCUT2D eigenvalue weighted by molar-refractivity contribution is 9.10. The van der Waals surface area contributed by atoms with E-state index in [1.54, 1.807) is 0 Å². The summed E-state index contributed by atoms with van der Waals surface area (Å²) in [7, 11) is 0. The molecule has 0 radical (unpaired) electrons. The van der Waals surface area contributed by atoms with Crippen LogP contribution in [-0.4, -0.2) is 10.9 Å². The summed E-state index contributed by atoms with van der Waals surface area (Å²) in [5, 5.41) is 13.0. The van der Waals surface area contributed by atoms with Crippen LogP contribution in [0.1, 0.15) is 10.4 Å². The molecule has 0 spiro atoms. The van der Waals surface area contributed by atoms with Gasteiger partial charge >= 0.3 is 0 Å². The van der Waals surface area contributed by atoms with E-state index in [1.165, 1.54) is 12.3 Å². The highest BCUT2D eigenvalue weighted by Crippen LogP contribution is 2.33. The van der Waals surface area contributed by atoms with Crippen molar-refractivity contribution in [2.24, 2.45) is 0 Å². The summed E-state index contributed by atoms with van der Waals surface area (Å²) in [4.78, 5) is 15.6. The Hall–Kier alpha value is -1.44. The Morgan fingerprint density at radius 2 is 2.20 bits per heavy atom. The number of halogens is 4. The van der Waals surface area contributed by atoms with Crippen molar-refractivity contribution in [2.75, 3.05) is 5.32 Å². The van der Waals surface area contributed by atoms with E-state index in [2.05, 4.69) is 26.2 Å². The Kier molecular flexibility index (Phi) is 4.42. The smallest absolute Gasteiger partial charge is 0.289 e. The summed E-state index contributed by atoms with van der Waals surface area (Å²) in [6, 6.07) is 1.30. The lowest BCUT2D eigenvalue weighted by atomic mass is 10.2. The molecule has 0 atom stereocenters. The van der Waals surface area contributed by atoms with Crippen LogP contribution in [0.2, 0.25) is 10.0 Å². The molecular formula is C11H5BrCl2FN3O2. The molecule has 0 aliphatic heterocycles. The molecule has 1 N–H and O–H groups in total. The SMILES string of the molecule is O=C(Nc1cnc[n+]([O-])c1)c1c(Br)cc(Cl)c(Cl)c1F. The number of aromatic nitrogens is 2. The van der Waals surface area contributed by atoms with E-state index in [1.807, 2.05) is 0 Å². The fraction of sp³-hybridized carbons (Fsp3) is 0. The van der Waals surface area contributed by atoms with E-state index >= 15 is 0 Å². The molecule has 9 heteroatoms. The molecular weight excluding hydrogens is 376 g/mol. The van der Waals surface area contributed by atoms with Crippen molar-refractivity contribution in [1.82, 2.24) is 4.98 Å². The summed E-state index contributed by atoms with van der Waals surface area (Å²) in [6.45, 7) is 0. The van der Waals surface area contributed by atoms with Gasteiger partial charge in [-0.05, 0) is 22.0 Å². The van der Waals surface area contributed by atoms with Crippen LogP contribution >= 0.6 is 39.1 Å². The predicted molar refractivity (Wildman–Crippen MR) is 75.3 cm³/mol. The number of hydrogen-bond donors (Lipinski definition) is 1. The van der Waals surface area contributed by atoms with Crippen LogP contribution < -0.4 is 10.0 Å². The van der Waals surface area contributed by atoms with E-state index in [0.717, 1.165) is 12.5 Å². The second kappa shape index (κ2) is 5.90. The number of benzene rings is 1. The van der Waals surface area contributed by atoms with E-state index < -0.39 is 11.7 Å². The molecule has 1 amide bonds. The minimum atomic E-state index is -0.956. The Balaban J connectivity index is 2.37. The van der Waals surface area contributed by atoms with Gasteiger partial charge < -0.3 is 10.5 Å². The first kappa shape index (κ1) is 15.0. The molecule has 2 aromatic rings. The molecule has 1 aromatic carbocycles. The van der Waals surface area contributed by atoms with Crippen molar-refractivity contribution in [1.29, 1.82) is 0 Å². The average molecular weight is 381 g/mol. The van der Waals surface area contributed by atoms with E-state index in [9.17, 15) is 14.4 Å². The molecule has 104 valence electrons. The fourth-order valence-corrected chi connectivity index (χ4v) is 2.47. The lowest BCUT2D eigenvalue weighted by Crippen LogP contribution is -2.27. The summed E-state index contributed by atoms with van der Waals surface area (Å²) in [5.74, 6) is -1.75. The number of carbonyl (C=O) groups is 1. The molecule has 1 aromatic heterocycles. The zero-order valence-electron chi connectivity index (χ0n) is 9.53. The fourth-order valence-electron chi connectivity index (χ4n) is 1.42. The van der Waals surface area contributed by atoms with Gasteiger partial charge in [-0.15, -0.1) is 0 Å². The van der Waals surface area contributed by atoms with Gasteiger partial charge in [0.15, 0.2) is 12.0 Å². The summed E-state index contributed by atoms with van der Waals surface area (Å²) < 4.78 is 14.5. The highest BCUT2D eigenvalue weighted by Gasteiger charge is 2.21. The molecule has 2 rings (SSSR count). The van der Waals surface area contributed by atoms with Gasteiger partial charge in [-0.3, -0.25) is 4.79 Å². The lowest BCUT2D eigenvalue weighted by molar-refractivity contribution is -0.608. The maximum Gasteiger partial charge on any atom is 0.289 e. The molecule has 0 aliphatic rings. The normalized spacial score (nSPS) is 10.4. The number of nitrogens with one attached hydrogen (secondary N) is 1. The summed E-state index contributed by atoms with van der Waals surface area (Å²) in [5.41, 5.74) is -0.203. The van der Waals surface area contributed by atoms with E-state index in [4.69, 9.17) is 23.2 Å².